The molecule has 142 valence electrons. The van der Waals surface area contributed by atoms with Crippen LogP contribution in [0.4, 0.5) is 9.80 Å². The van der Waals surface area contributed by atoms with Crippen LogP contribution in [0, 0.1) is 5.92 Å². The van der Waals surface area contributed by atoms with Gasteiger partial charge in [0.05, 0.1) is 19.2 Å². The van der Waals surface area contributed by atoms with Gasteiger partial charge in [-0.1, -0.05) is 19.3 Å². The Hall–Kier alpha value is -2.09. The summed E-state index contributed by atoms with van der Waals surface area (Å²) >= 11 is 1.39. The van der Waals surface area contributed by atoms with E-state index in [4.69, 9.17) is 4.74 Å². The van der Waals surface area contributed by atoms with Crippen molar-refractivity contribution in [3.63, 3.8) is 0 Å². The van der Waals surface area contributed by atoms with Gasteiger partial charge in [0.15, 0.2) is 0 Å². The van der Waals surface area contributed by atoms with E-state index >= 15 is 0 Å². The lowest BCUT2D eigenvalue weighted by molar-refractivity contribution is -0.120. The summed E-state index contributed by atoms with van der Waals surface area (Å²) < 4.78 is 4.80. The topological polar surface area (TPSA) is 87.7 Å². The number of hydrogen-bond acceptors (Lipinski definition) is 5. The molecule has 0 bridgehead atoms. The van der Waals surface area contributed by atoms with Crippen LogP contribution in [0.25, 0.3) is 0 Å². The van der Waals surface area contributed by atoms with Gasteiger partial charge < -0.3 is 20.3 Å². The van der Waals surface area contributed by atoms with E-state index in [1.165, 1.54) is 24.9 Å². The van der Waals surface area contributed by atoms with Crippen LogP contribution in [0.5, 0.6) is 0 Å². The summed E-state index contributed by atoms with van der Waals surface area (Å²) in [5, 5.41) is 6.26. The molecule has 3 amide bonds. The highest BCUT2D eigenvalue weighted by Crippen LogP contribution is 2.38. The quantitative estimate of drug-likeness (QED) is 0.845. The van der Waals surface area contributed by atoms with Gasteiger partial charge in [-0.3, -0.25) is 9.59 Å². The summed E-state index contributed by atoms with van der Waals surface area (Å²) in [7, 11) is 2.95. The fourth-order valence-corrected chi connectivity index (χ4v) is 4.98. The summed E-state index contributed by atoms with van der Waals surface area (Å²) in [5.74, 6) is -0.182. The van der Waals surface area contributed by atoms with E-state index in [2.05, 4.69) is 10.6 Å². The molecule has 0 atom stereocenters. The molecule has 0 aromatic carbocycles. The first-order valence-electron chi connectivity index (χ1n) is 9.05. The Kier molecular flexibility index (Phi) is 5.80. The molecule has 2 heterocycles. The zero-order valence-electron chi connectivity index (χ0n) is 15.2. The Labute approximate surface area is 157 Å². The number of anilines is 1. The van der Waals surface area contributed by atoms with Crippen LogP contribution in [-0.2, 0) is 22.5 Å². The van der Waals surface area contributed by atoms with Gasteiger partial charge in [-0.25, -0.2) is 4.79 Å². The number of carbonyl (C=O) groups is 3. The summed E-state index contributed by atoms with van der Waals surface area (Å²) in [6.45, 7) is 0.895. The summed E-state index contributed by atoms with van der Waals surface area (Å²) in [4.78, 5) is 39.4. The van der Waals surface area contributed by atoms with Crippen molar-refractivity contribution in [3.05, 3.63) is 16.0 Å². The van der Waals surface area contributed by atoms with Gasteiger partial charge in [-0.15, -0.1) is 11.3 Å². The van der Waals surface area contributed by atoms with Gasteiger partial charge in [-0.2, -0.15) is 0 Å². The molecule has 1 aliphatic heterocycles. The number of rotatable bonds is 3. The van der Waals surface area contributed by atoms with E-state index in [1.807, 2.05) is 0 Å². The molecule has 0 spiro atoms. The van der Waals surface area contributed by atoms with E-state index in [-0.39, 0.29) is 23.8 Å². The van der Waals surface area contributed by atoms with Crippen molar-refractivity contribution in [2.75, 3.05) is 26.0 Å². The highest BCUT2D eigenvalue weighted by atomic mass is 32.1. The molecule has 3 rings (SSSR count). The zero-order chi connectivity index (χ0) is 18.7. The normalized spacial score (nSPS) is 17.4. The van der Waals surface area contributed by atoms with Gasteiger partial charge in [0.1, 0.15) is 5.00 Å². The molecule has 1 aromatic rings. The maximum absolute atomic E-state index is 12.6. The molecule has 1 aromatic heterocycles. The third-order valence-corrected chi connectivity index (χ3v) is 6.29. The van der Waals surface area contributed by atoms with E-state index in [0.717, 1.165) is 36.1 Å². The molecule has 2 N–H and O–H groups in total. The largest absolute Gasteiger partial charge is 0.453 e. The van der Waals surface area contributed by atoms with Crippen LogP contribution < -0.4 is 10.6 Å². The van der Waals surface area contributed by atoms with Crippen molar-refractivity contribution in [1.29, 1.82) is 0 Å². The SMILES string of the molecule is CNC(=O)c1c(NC(=O)C2CCCCC2)sc2c1CCN(C(=O)OC)C2. The molecule has 0 saturated heterocycles. The van der Waals surface area contributed by atoms with Crippen molar-refractivity contribution < 1.29 is 19.1 Å². The minimum Gasteiger partial charge on any atom is -0.453 e. The number of fused-ring (bicyclic) bond motifs is 1. The van der Waals surface area contributed by atoms with Gasteiger partial charge in [0.25, 0.3) is 5.91 Å². The second kappa shape index (κ2) is 8.07. The smallest absolute Gasteiger partial charge is 0.409 e. The molecular formula is C18H25N3O4S. The van der Waals surface area contributed by atoms with Crippen LogP contribution in [0.15, 0.2) is 0 Å². The van der Waals surface area contributed by atoms with Crippen molar-refractivity contribution >= 4 is 34.2 Å². The number of thiophene rings is 1. The zero-order valence-corrected chi connectivity index (χ0v) is 16.0. The maximum atomic E-state index is 12.6. The van der Waals surface area contributed by atoms with E-state index in [0.29, 0.717) is 30.1 Å². The number of nitrogens with one attached hydrogen (secondary N) is 2. The molecule has 0 radical (unpaired) electrons. The van der Waals surface area contributed by atoms with E-state index in [1.54, 1.807) is 11.9 Å². The number of methoxy groups -OCH3 is 1. The molecule has 7 nitrogen and oxygen atoms in total. The van der Waals surface area contributed by atoms with Crippen LogP contribution in [-0.4, -0.2) is 43.5 Å². The highest BCUT2D eigenvalue weighted by molar-refractivity contribution is 7.17. The van der Waals surface area contributed by atoms with Crippen LogP contribution in [0.3, 0.4) is 0 Å². The molecule has 2 aliphatic rings. The average Bonchev–Trinajstić information content (AvgIpc) is 3.04. The Morgan fingerprint density at radius 2 is 1.92 bits per heavy atom. The van der Waals surface area contributed by atoms with Crippen molar-refractivity contribution in [1.82, 2.24) is 10.2 Å². The first-order chi connectivity index (χ1) is 12.5. The van der Waals surface area contributed by atoms with Crippen molar-refractivity contribution in [2.45, 2.75) is 45.1 Å². The third kappa shape index (κ3) is 3.70. The number of amides is 3. The van der Waals surface area contributed by atoms with Gasteiger partial charge in [0, 0.05) is 24.4 Å². The van der Waals surface area contributed by atoms with Crippen LogP contribution in [0.1, 0.15) is 52.9 Å². The standard InChI is InChI=1S/C18H25N3O4S/c1-19-16(23)14-12-8-9-21(18(24)25-2)10-13(12)26-17(14)20-15(22)11-6-4-3-5-7-11/h11H,3-10H2,1-2H3,(H,19,23)(H,20,22). The average molecular weight is 379 g/mol. The number of nitrogens with zero attached hydrogens (tertiary/aromatic N) is 1. The Balaban J connectivity index is 1.85. The van der Waals surface area contributed by atoms with Crippen LogP contribution >= 0.6 is 11.3 Å². The molecule has 26 heavy (non-hydrogen) atoms. The Morgan fingerprint density at radius 1 is 1.19 bits per heavy atom. The molecule has 1 aliphatic carbocycles. The first kappa shape index (κ1) is 18.7. The molecule has 1 fully saturated rings. The molecule has 0 unspecified atom stereocenters. The minimum absolute atomic E-state index is 0.00160. The third-order valence-electron chi connectivity index (χ3n) is 5.16. The highest BCUT2D eigenvalue weighted by Gasteiger charge is 2.31. The fourth-order valence-electron chi connectivity index (χ4n) is 3.72. The van der Waals surface area contributed by atoms with Crippen molar-refractivity contribution in [2.24, 2.45) is 5.92 Å². The lowest BCUT2D eigenvalue weighted by Crippen LogP contribution is -2.35. The van der Waals surface area contributed by atoms with Crippen LogP contribution in [0.2, 0.25) is 0 Å². The van der Waals surface area contributed by atoms with Gasteiger partial charge >= 0.3 is 6.09 Å². The van der Waals surface area contributed by atoms with Gasteiger partial charge in [0.2, 0.25) is 5.91 Å². The second-order valence-corrected chi connectivity index (χ2v) is 7.86. The number of hydrogen-bond donors (Lipinski definition) is 2. The number of carbonyl (C=O) groups excluding carboxylic acids is 3. The second-order valence-electron chi connectivity index (χ2n) is 6.75. The summed E-state index contributed by atoms with van der Waals surface area (Å²) in [5.41, 5.74) is 1.47. The monoisotopic (exact) mass is 379 g/mol. The van der Waals surface area contributed by atoms with Crippen molar-refractivity contribution in [3.8, 4) is 0 Å². The molecular weight excluding hydrogens is 354 g/mol. The van der Waals surface area contributed by atoms with Gasteiger partial charge in [-0.05, 0) is 24.8 Å². The first-order valence-corrected chi connectivity index (χ1v) is 9.87. The van der Waals surface area contributed by atoms with E-state index < -0.39 is 0 Å². The van der Waals surface area contributed by atoms with E-state index in [9.17, 15) is 14.4 Å². The predicted octanol–water partition coefficient (Wildman–Crippen LogP) is 2.75. The lowest BCUT2D eigenvalue weighted by atomic mass is 9.88. The predicted molar refractivity (Wildman–Crippen MR) is 99.4 cm³/mol. The molecule has 1 saturated carbocycles. The lowest BCUT2D eigenvalue weighted by Gasteiger charge is -2.25. The number of ether oxygens (including phenoxy) is 1. The Morgan fingerprint density at radius 3 is 2.58 bits per heavy atom. The summed E-state index contributed by atoms with van der Waals surface area (Å²) in [6, 6.07) is 0. The Bertz CT molecular complexity index is 710. The fraction of sp³-hybridized carbons (Fsp3) is 0.611. The minimum atomic E-state index is -0.377. The molecule has 8 heteroatoms. The maximum Gasteiger partial charge on any atom is 0.409 e. The summed E-state index contributed by atoms with van der Waals surface area (Å²) in [6.07, 6.45) is 5.35.